The van der Waals surface area contributed by atoms with Crippen LogP contribution in [-0.2, 0) is 16.6 Å². The Morgan fingerprint density at radius 3 is 2.58 bits per heavy atom. The third kappa shape index (κ3) is 6.29. The van der Waals surface area contributed by atoms with Crippen molar-refractivity contribution in [3.8, 4) is 0 Å². The molecule has 2 aromatic heterocycles. The van der Waals surface area contributed by atoms with E-state index in [0.717, 1.165) is 46.5 Å². The van der Waals surface area contributed by atoms with Gasteiger partial charge in [-0.2, -0.15) is 0 Å². The normalized spacial score (nSPS) is 24.9. The summed E-state index contributed by atoms with van der Waals surface area (Å²) in [6, 6.07) is 3.51. The number of allylic oxidation sites excluding steroid dienone is 1. The third-order valence-electron chi connectivity index (χ3n) is 8.59. The molecular formula is C33H41ClN6O3. The molecule has 2 amide bonds. The lowest BCUT2D eigenvalue weighted by Gasteiger charge is -2.41. The van der Waals surface area contributed by atoms with Gasteiger partial charge in [0.1, 0.15) is 5.60 Å². The first-order valence-corrected chi connectivity index (χ1v) is 15.5. The van der Waals surface area contributed by atoms with E-state index >= 15 is 0 Å². The molecule has 2 aromatic rings. The van der Waals surface area contributed by atoms with E-state index in [0.29, 0.717) is 32.6 Å². The minimum absolute atomic E-state index is 0.0584. The number of imidazole rings is 1. The summed E-state index contributed by atoms with van der Waals surface area (Å²) < 4.78 is 7.62. The SMILES string of the molecule is Cn1cncc1C(NC(=O)C1CC1)C1=Cc2cccnc2C(N2CCN(C(=O)OC(C)(C)C)CC2)C2=C1CC(C)(Cl)C=C2. The van der Waals surface area contributed by atoms with Crippen molar-refractivity contribution in [2.45, 2.75) is 69.5 Å². The Morgan fingerprint density at radius 1 is 1.19 bits per heavy atom. The average molecular weight is 605 g/mol. The van der Waals surface area contributed by atoms with Crippen LogP contribution in [-0.4, -0.2) is 73.0 Å². The van der Waals surface area contributed by atoms with Crippen molar-refractivity contribution in [3.63, 3.8) is 0 Å². The number of aromatic nitrogens is 3. The summed E-state index contributed by atoms with van der Waals surface area (Å²) in [5.41, 5.74) is 5.57. The van der Waals surface area contributed by atoms with E-state index in [4.69, 9.17) is 21.3 Å². The smallest absolute Gasteiger partial charge is 0.410 e. The van der Waals surface area contributed by atoms with Gasteiger partial charge in [0.15, 0.2) is 0 Å². The van der Waals surface area contributed by atoms with Crippen molar-refractivity contribution in [2.75, 3.05) is 26.2 Å². The van der Waals surface area contributed by atoms with Crippen LogP contribution in [0.4, 0.5) is 4.79 Å². The summed E-state index contributed by atoms with van der Waals surface area (Å²) in [5, 5.41) is 3.38. The van der Waals surface area contributed by atoms with Crippen molar-refractivity contribution in [1.29, 1.82) is 0 Å². The number of nitrogens with zero attached hydrogens (tertiary/aromatic N) is 5. The maximum atomic E-state index is 13.3. The second-order valence-electron chi connectivity index (χ2n) is 13.4. The third-order valence-corrected chi connectivity index (χ3v) is 8.85. The Bertz CT molecular complexity index is 1500. The first kappa shape index (κ1) is 29.6. The number of pyridine rings is 1. The largest absolute Gasteiger partial charge is 0.444 e. The second kappa shape index (κ2) is 11.2. The Labute approximate surface area is 258 Å². The zero-order valence-electron chi connectivity index (χ0n) is 25.6. The fourth-order valence-corrected chi connectivity index (χ4v) is 6.45. The van der Waals surface area contributed by atoms with Crippen LogP contribution >= 0.6 is 11.6 Å². The molecule has 4 aliphatic rings. The van der Waals surface area contributed by atoms with Gasteiger partial charge in [0.2, 0.25) is 5.91 Å². The number of carbonyl (C=O) groups is 2. The molecule has 43 heavy (non-hydrogen) atoms. The van der Waals surface area contributed by atoms with E-state index in [-0.39, 0.29) is 24.0 Å². The number of hydrogen-bond acceptors (Lipinski definition) is 6. The Kier molecular flexibility index (Phi) is 7.75. The standard InChI is InChI=1S/C33H41ClN6O3/c1-32(2,3)43-31(42)40-15-13-39(14-16-40)29-23-10-11-33(4,34)18-25(23)24(17-22-7-6-12-36-27(22)29)28(26-19-35-20-38(26)5)37-30(41)21-8-9-21/h6-7,10-12,17,19-21,28-29H,8-9,13-16,18H2,1-5H3,(H,37,41). The summed E-state index contributed by atoms with van der Waals surface area (Å²) in [6.45, 7) is 10.1. The molecule has 1 N–H and O–H groups in total. The molecule has 0 bridgehead atoms. The lowest BCUT2D eigenvalue weighted by molar-refractivity contribution is -0.122. The number of nitrogens with one attached hydrogen (secondary N) is 1. The topological polar surface area (TPSA) is 92.6 Å². The molecule has 1 aliphatic heterocycles. The van der Waals surface area contributed by atoms with Crippen LogP contribution in [0.5, 0.6) is 0 Å². The van der Waals surface area contributed by atoms with Crippen LogP contribution in [0.15, 0.2) is 59.7 Å². The number of alkyl halides is 1. The highest BCUT2D eigenvalue weighted by molar-refractivity contribution is 6.25. The van der Waals surface area contributed by atoms with Gasteiger partial charge in [0.05, 0.1) is 40.9 Å². The molecule has 9 nitrogen and oxygen atoms in total. The summed E-state index contributed by atoms with van der Waals surface area (Å²) in [7, 11) is 1.96. The zero-order chi connectivity index (χ0) is 30.5. The van der Waals surface area contributed by atoms with Crippen LogP contribution in [0, 0.1) is 5.92 Å². The molecule has 0 aromatic carbocycles. The van der Waals surface area contributed by atoms with Crippen molar-refractivity contribution in [2.24, 2.45) is 13.0 Å². The molecule has 0 radical (unpaired) electrons. The van der Waals surface area contributed by atoms with E-state index in [2.05, 4.69) is 39.5 Å². The Balaban J connectivity index is 1.42. The molecule has 3 aliphatic carbocycles. The number of carbonyl (C=O) groups excluding carboxylic acids is 2. The van der Waals surface area contributed by atoms with E-state index in [1.54, 1.807) is 11.2 Å². The number of rotatable bonds is 5. The number of hydrogen-bond donors (Lipinski definition) is 1. The summed E-state index contributed by atoms with van der Waals surface area (Å²) in [6.07, 6.45) is 14.0. The van der Waals surface area contributed by atoms with E-state index in [1.807, 2.05) is 57.8 Å². The quantitative estimate of drug-likeness (QED) is 0.464. The molecule has 1 saturated heterocycles. The fourth-order valence-electron chi connectivity index (χ4n) is 6.26. The van der Waals surface area contributed by atoms with Crippen LogP contribution < -0.4 is 5.32 Å². The molecule has 1 saturated carbocycles. The number of ether oxygens (including phenoxy) is 1. The highest BCUT2D eigenvalue weighted by atomic mass is 35.5. The zero-order valence-corrected chi connectivity index (χ0v) is 26.4. The first-order chi connectivity index (χ1) is 20.4. The molecular weight excluding hydrogens is 564 g/mol. The van der Waals surface area contributed by atoms with Crippen LogP contribution in [0.1, 0.15) is 76.0 Å². The lowest BCUT2D eigenvalue weighted by atomic mass is 9.80. The molecule has 3 heterocycles. The summed E-state index contributed by atoms with van der Waals surface area (Å²) >= 11 is 7.05. The fraction of sp³-hybridized carbons (Fsp3) is 0.515. The molecule has 3 unspecified atom stereocenters. The van der Waals surface area contributed by atoms with Gasteiger partial charge in [0, 0.05) is 45.3 Å². The molecule has 2 fully saturated rings. The molecule has 3 atom stereocenters. The van der Waals surface area contributed by atoms with Gasteiger partial charge in [-0.3, -0.25) is 14.7 Å². The number of aryl methyl sites for hydroxylation is 1. The van der Waals surface area contributed by atoms with Crippen LogP contribution in [0.25, 0.3) is 6.08 Å². The van der Waals surface area contributed by atoms with Crippen molar-refractivity contribution < 1.29 is 14.3 Å². The van der Waals surface area contributed by atoms with Gasteiger partial charge in [-0.1, -0.05) is 18.2 Å². The highest BCUT2D eigenvalue weighted by Gasteiger charge is 2.41. The summed E-state index contributed by atoms with van der Waals surface area (Å²) in [5.74, 6) is 0.128. The van der Waals surface area contributed by atoms with Crippen molar-refractivity contribution in [3.05, 3.63) is 76.7 Å². The molecule has 228 valence electrons. The second-order valence-corrected chi connectivity index (χ2v) is 14.2. The van der Waals surface area contributed by atoms with E-state index < -0.39 is 16.5 Å². The molecule has 6 rings (SSSR count). The number of halogens is 1. The van der Waals surface area contributed by atoms with Crippen LogP contribution in [0.2, 0.25) is 0 Å². The minimum atomic E-state index is -0.584. The van der Waals surface area contributed by atoms with Gasteiger partial charge in [-0.05, 0) is 81.4 Å². The molecule has 0 spiro atoms. The first-order valence-electron chi connectivity index (χ1n) is 15.2. The number of fused-ring (bicyclic) bond motifs is 1. The average Bonchev–Trinajstić information content (AvgIpc) is 3.73. The lowest BCUT2D eigenvalue weighted by Crippen LogP contribution is -2.51. The van der Waals surface area contributed by atoms with E-state index in [1.165, 1.54) is 0 Å². The monoisotopic (exact) mass is 604 g/mol. The van der Waals surface area contributed by atoms with Crippen molar-refractivity contribution in [1.82, 2.24) is 29.7 Å². The number of piperazine rings is 1. The van der Waals surface area contributed by atoms with Gasteiger partial charge in [0.25, 0.3) is 0 Å². The maximum absolute atomic E-state index is 13.3. The minimum Gasteiger partial charge on any atom is -0.444 e. The van der Waals surface area contributed by atoms with Gasteiger partial charge < -0.3 is 19.5 Å². The van der Waals surface area contributed by atoms with Crippen LogP contribution in [0.3, 0.4) is 0 Å². The van der Waals surface area contributed by atoms with Crippen molar-refractivity contribution >= 4 is 29.7 Å². The maximum Gasteiger partial charge on any atom is 0.410 e. The number of amides is 2. The van der Waals surface area contributed by atoms with E-state index in [9.17, 15) is 9.59 Å². The predicted octanol–water partition coefficient (Wildman–Crippen LogP) is 5.33. The Hall–Kier alpha value is -3.43. The highest BCUT2D eigenvalue weighted by Crippen LogP contribution is 2.48. The van der Waals surface area contributed by atoms with Gasteiger partial charge >= 0.3 is 6.09 Å². The predicted molar refractivity (Wildman–Crippen MR) is 166 cm³/mol. The molecule has 10 heteroatoms. The summed E-state index contributed by atoms with van der Waals surface area (Å²) in [4.78, 5) is 39.1. The van der Waals surface area contributed by atoms with Gasteiger partial charge in [-0.25, -0.2) is 9.78 Å². The van der Waals surface area contributed by atoms with Gasteiger partial charge in [-0.15, -0.1) is 11.6 Å². The Morgan fingerprint density at radius 2 is 1.93 bits per heavy atom.